The van der Waals surface area contributed by atoms with E-state index in [0.717, 1.165) is 22.5 Å². The van der Waals surface area contributed by atoms with Gasteiger partial charge >= 0.3 is 0 Å². The number of anilines is 2. The van der Waals surface area contributed by atoms with Crippen molar-refractivity contribution in [2.45, 2.75) is 33.2 Å². The van der Waals surface area contributed by atoms with Crippen LogP contribution in [0.4, 0.5) is 11.4 Å². The smallest absolute Gasteiger partial charge is 0.255 e. The monoisotopic (exact) mass is 387 g/mol. The predicted octanol–water partition coefficient (Wildman–Crippen LogP) is 3.09. The fraction of sp³-hybridized carbons (Fsp3) is 0.400. The summed E-state index contributed by atoms with van der Waals surface area (Å²) in [6.07, 6.45) is 3.70. The number of carbonyl (C=O) groups excluding carboxylic acids is 1. The topological polar surface area (TPSA) is 79.4 Å². The Balaban J connectivity index is 1.81. The van der Waals surface area contributed by atoms with Gasteiger partial charge in [0, 0.05) is 24.5 Å². The van der Waals surface area contributed by atoms with Crippen molar-refractivity contribution in [1.82, 2.24) is 9.88 Å². The summed E-state index contributed by atoms with van der Waals surface area (Å²) in [5, 5.41) is 3.32. The molecule has 2 aromatic rings. The number of pyridine rings is 1. The van der Waals surface area contributed by atoms with Gasteiger partial charge < -0.3 is 10.2 Å². The third-order valence-electron chi connectivity index (χ3n) is 4.91. The van der Waals surface area contributed by atoms with Gasteiger partial charge in [0.2, 0.25) is 0 Å². The minimum atomic E-state index is -3.05. The van der Waals surface area contributed by atoms with Gasteiger partial charge in [0.05, 0.1) is 29.0 Å². The van der Waals surface area contributed by atoms with Gasteiger partial charge in [-0.1, -0.05) is 12.1 Å². The first-order valence-electron chi connectivity index (χ1n) is 9.10. The molecular formula is C20H25N3O3S. The van der Waals surface area contributed by atoms with E-state index >= 15 is 0 Å². The molecule has 1 aromatic carbocycles. The average Bonchev–Trinajstić information content (AvgIpc) is 2.98. The number of benzene rings is 1. The standard InChI is InChI=1S/C20H25N3O3S/c1-4-23(18-7-8-27(25,26)13-18)20(24)16-10-17(12-21-11-16)22-19-9-14(2)5-6-15(19)3/h5-6,9-12,18,22H,4,7-8,13H2,1-3H3. The fourth-order valence-electron chi connectivity index (χ4n) is 3.41. The molecule has 0 bridgehead atoms. The van der Waals surface area contributed by atoms with Crippen molar-refractivity contribution in [3.8, 4) is 0 Å². The molecule has 1 amide bonds. The Bertz CT molecular complexity index is 957. The molecule has 1 aliphatic rings. The van der Waals surface area contributed by atoms with Gasteiger partial charge in [-0.2, -0.15) is 0 Å². The van der Waals surface area contributed by atoms with Crippen molar-refractivity contribution >= 4 is 27.1 Å². The second-order valence-corrected chi connectivity index (χ2v) is 9.28. The third kappa shape index (κ3) is 4.47. The van der Waals surface area contributed by atoms with Crippen LogP contribution in [0.2, 0.25) is 0 Å². The van der Waals surface area contributed by atoms with Crippen LogP contribution in [0, 0.1) is 13.8 Å². The van der Waals surface area contributed by atoms with Crippen LogP contribution in [0.3, 0.4) is 0 Å². The summed E-state index contributed by atoms with van der Waals surface area (Å²) in [5.41, 5.74) is 4.39. The minimum Gasteiger partial charge on any atom is -0.354 e. The largest absolute Gasteiger partial charge is 0.354 e. The van der Waals surface area contributed by atoms with Crippen LogP contribution in [0.5, 0.6) is 0 Å². The van der Waals surface area contributed by atoms with E-state index in [1.165, 1.54) is 6.20 Å². The van der Waals surface area contributed by atoms with E-state index in [0.29, 0.717) is 18.5 Å². The molecule has 1 fully saturated rings. The number of amides is 1. The number of hydrogen-bond donors (Lipinski definition) is 1. The number of aromatic nitrogens is 1. The summed E-state index contributed by atoms with van der Waals surface area (Å²) in [4.78, 5) is 18.8. The van der Waals surface area contributed by atoms with E-state index in [1.54, 1.807) is 17.2 Å². The number of nitrogens with zero attached hydrogens (tertiary/aromatic N) is 2. The third-order valence-corrected chi connectivity index (χ3v) is 6.66. The normalized spacial score (nSPS) is 18.3. The Morgan fingerprint density at radius 2 is 2.04 bits per heavy atom. The number of carbonyl (C=O) groups is 1. The molecule has 1 saturated heterocycles. The number of rotatable bonds is 5. The van der Waals surface area contributed by atoms with E-state index in [2.05, 4.69) is 10.3 Å². The van der Waals surface area contributed by atoms with Gasteiger partial charge in [-0.05, 0) is 50.5 Å². The van der Waals surface area contributed by atoms with Gasteiger partial charge in [-0.15, -0.1) is 0 Å². The van der Waals surface area contributed by atoms with E-state index in [1.807, 2.05) is 39.0 Å². The van der Waals surface area contributed by atoms with Gasteiger partial charge in [-0.25, -0.2) is 8.42 Å². The van der Waals surface area contributed by atoms with Crippen molar-refractivity contribution < 1.29 is 13.2 Å². The molecule has 27 heavy (non-hydrogen) atoms. The molecule has 0 saturated carbocycles. The molecule has 7 heteroatoms. The van der Waals surface area contributed by atoms with Crippen LogP contribution in [0.1, 0.15) is 34.8 Å². The molecule has 1 unspecified atom stereocenters. The number of sulfone groups is 1. The molecule has 1 N–H and O–H groups in total. The Kier molecular flexibility index (Phi) is 5.51. The molecule has 2 heterocycles. The van der Waals surface area contributed by atoms with Crippen molar-refractivity contribution in [1.29, 1.82) is 0 Å². The molecule has 0 radical (unpaired) electrons. The molecule has 1 aliphatic heterocycles. The second kappa shape index (κ2) is 7.68. The lowest BCUT2D eigenvalue weighted by Crippen LogP contribution is -2.41. The molecule has 6 nitrogen and oxygen atoms in total. The molecule has 1 atom stereocenters. The average molecular weight is 388 g/mol. The zero-order chi connectivity index (χ0) is 19.6. The quantitative estimate of drug-likeness (QED) is 0.853. The molecule has 144 valence electrons. The van der Waals surface area contributed by atoms with Gasteiger partial charge in [-0.3, -0.25) is 9.78 Å². The van der Waals surface area contributed by atoms with Crippen LogP contribution in [-0.4, -0.2) is 48.3 Å². The Hall–Kier alpha value is -2.41. The first kappa shape index (κ1) is 19.4. The Morgan fingerprint density at radius 3 is 2.70 bits per heavy atom. The fourth-order valence-corrected chi connectivity index (χ4v) is 5.14. The van der Waals surface area contributed by atoms with Crippen LogP contribution >= 0.6 is 0 Å². The van der Waals surface area contributed by atoms with Crippen molar-refractivity contribution in [3.05, 3.63) is 53.3 Å². The number of aryl methyl sites for hydroxylation is 2. The maximum absolute atomic E-state index is 13.0. The summed E-state index contributed by atoms with van der Waals surface area (Å²) >= 11 is 0. The zero-order valence-corrected chi connectivity index (χ0v) is 16.7. The summed E-state index contributed by atoms with van der Waals surface area (Å²) in [5.74, 6) is 0.00525. The Morgan fingerprint density at radius 1 is 1.26 bits per heavy atom. The number of hydrogen-bond acceptors (Lipinski definition) is 5. The van der Waals surface area contributed by atoms with Crippen molar-refractivity contribution in [3.63, 3.8) is 0 Å². The molecule has 3 rings (SSSR count). The van der Waals surface area contributed by atoms with Crippen LogP contribution in [-0.2, 0) is 9.84 Å². The van der Waals surface area contributed by atoms with E-state index in [-0.39, 0.29) is 23.5 Å². The van der Waals surface area contributed by atoms with Gasteiger partial charge in [0.25, 0.3) is 5.91 Å². The molecule has 1 aromatic heterocycles. The van der Waals surface area contributed by atoms with Crippen LogP contribution in [0.25, 0.3) is 0 Å². The van der Waals surface area contributed by atoms with Gasteiger partial charge in [0.1, 0.15) is 0 Å². The first-order chi connectivity index (χ1) is 12.8. The van der Waals surface area contributed by atoms with Crippen molar-refractivity contribution in [2.24, 2.45) is 0 Å². The lowest BCUT2D eigenvalue weighted by atomic mass is 10.1. The molecule has 0 spiro atoms. The van der Waals surface area contributed by atoms with E-state index < -0.39 is 9.84 Å². The maximum Gasteiger partial charge on any atom is 0.255 e. The van der Waals surface area contributed by atoms with E-state index in [4.69, 9.17) is 0 Å². The number of nitrogens with one attached hydrogen (secondary N) is 1. The highest BCUT2D eigenvalue weighted by Crippen LogP contribution is 2.24. The lowest BCUT2D eigenvalue weighted by Gasteiger charge is -2.27. The highest BCUT2D eigenvalue weighted by atomic mass is 32.2. The van der Waals surface area contributed by atoms with Crippen molar-refractivity contribution in [2.75, 3.05) is 23.4 Å². The van der Waals surface area contributed by atoms with Crippen LogP contribution < -0.4 is 5.32 Å². The summed E-state index contributed by atoms with van der Waals surface area (Å²) in [6, 6.07) is 7.64. The minimum absolute atomic E-state index is 0.0421. The SMILES string of the molecule is CCN(C(=O)c1cncc(Nc2cc(C)ccc2C)c1)C1CCS(=O)(=O)C1. The van der Waals surface area contributed by atoms with Crippen LogP contribution in [0.15, 0.2) is 36.7 Å². The lowest BCUT2D eigenvalue weighted by molar-refractivity contribution is 0.0708. The summed E-state index contributed by atoms with van der Waals surface area (Å²) in [6.45, 7) is 6.38. The highest BCUT2D eigenvalue weighted by Gasteiger charge is 2.34. The molecular weight excluding hydrogens is 362 g/mol. The maximum atomic E-state index is 13.0. The zero-order valence-electron chi connectivity index (χ0n) is 15.9. The predicted molar refractivity (Wildman–Crippen MR) is 107 cm³/mol. The van der Waals surface area contributed by atoms with Gasteiger partial charge in [0.15, 0.2) is 9.84 Å². The van der Waals surface area contributed by atoms with E-state index in [9.17, 15) is 13.2 Å². The molecule has 0 aliphatic carbocycles. The second-order valence-electron chi connectivity index (χ2n) is 7.05. The highest BCUT2D eigenvalue weighted by molar-refractivity contribution is 7.91. The Labute approximate surface area is 160 Å². The first-order valence-corrected chi connectivity index (χ1v) is 10.9. The summed E-state index contributed by atoms with van der Waals surface area (Å²) < 4.78 is 23.6. The summed E-state index contributed by atoms with van der Waals surface area (Å²) in [7, 11) is -3.05.